The topological polar surface area (TPSA) is 118 Å². The summed E-state index contributed by atoms with van der Waals surface area (Å²) in [7, 11) is 1.32. The second-order valence-corrected chi connectivity index (χ2v) is 6.52. The van der Waals surface area contributed by atoms with Crippen LogP contribution in [0.2, 0.25) is 0 Å². The third-order valence-electron chi connectivity index (χ3n) is 4.04. The van der Waals surface area contributed by atoms with Crippen LogP contribution >= 0.6 is 0 Å². The van der Waals surface area contributed by atoms with E-state index in [2.05, 4.69) is 22.1 Å². The summed E-state index contributed by atoms with van der Waals surface area (Å²) in [5.74, 6) is -1.93. The number of alkyl halides is 3. The lowest BCUT2D eigenvalue weighted by molar-refractivity contribution is -0.321. The molecule has 1 unspecified atom stereocenters. The molecule has 0 fully saturated rings. The van der Waals surface area contributed by atoms with E-state index >= 15 is 0 Å². The first-order valence-corrected chi connectivity index (χ1v) is 9.27. The van der Waals surface area contributed by atoms with Crippen molar-refractivity contribution in [3.63, 3.8) is 0 Å². The van der Waals surface area contributed by atoms with Gasteiger partial charge in [0.05, 0.1) is 0 Å². The number of ether oxygens (including phenoxy) is 1. The molecule has 3 N–H and O–H groups in total. The molecule has 2 atom stereocenters. The molecule has 0 rings (SSSR count). The Morgan fingerprint density at radius 3 is 2.30 bits per heavy atom. The quantitative estimate of drug-likeness (QED) is 0.244. The van der Waals surface area contributed by atoms with Gasteiger partial charge in [0.15, 0.2) is 0 Å². The molecule has 0 aromatic carbocycles. The van der Waals surface area contributed by atoms with Crippen molar-refractivity contribution in [3.05, 3.63) is 12.2 Å². The number of nitrogens with one attached hydrogen (secondary N) is 3. The van der Waals surface area contributed by atoms with Gasteiger partial charge in [-0.15, -0.1) is 13.2 Å². The molecular weight excluding hydrogens is 409 g/mol. The summed E-state index contributed by atoms with van der Waals surface area (Å²) in [6.45, 7) is 4.62. The van der Waals surface area contributed by atoms with Crippen LogP contribution in [0.5, 0.6) is 0 Å². The molecule has 0 radical (unpaired) electrons. The van der Waals surface area contributed by atoms with Crippen molar-refractivity contribution >= 4 is 23.4 Å². The Kier molecular flexibility index (Phi) is 13.1. The van der Waals surface area contributed by atoms with Gasteiger partial charge in [-0.25, -0.2) is 0 Å². The second-order valence-electron chi connectivity index (χ2n) is 6.52. The molecular formula is C18H29F3N4O5. The van der Waals surface area contributed by atoms with Crippen molar-refractivity contribution in [2.45, 2.75) is 46.4 Å². The Bertz CT molecular complexity index is 623. The zero-order valence-corrected chi connectivity index (χ0v) is 17.5. The summed E-state index contributed by atoms with van der Waals surface area (Å²) in [5, 5.41) is 6.26. The van der Waals surface area contributed by atoms with Crippen LogP contribution in [0.3, 0.4) is 0 Å². The first-order valence-electron chi connectivity index (χ1n) is 9.27. The first kappa shape index (κ1) is 27.4. The minimum atomic E-state index is -4.95. The lowest BCUT2D eigenvalue weighted by Gasteiger charge is -2.19. The Morgan fingerprint density at radius 2 is 1.73 bits per heavy atom. The lowest BCUT2D eigenvalue weighted by atomic mass is 9.88. The van der Waals surface area contributed by atoms with E-state index in [1.807, 2.05) is 31.4 Å². The molecule has 12 heteroatoms. The highest BCUT2D eigenvalue weighted by molar-refractivity contribution is 6.38. The van der Waals surface area contributed by atoms with Gasteiger partial charge in [-0.2, -0.15) is 0 Å². The summed E-state index contributed by atoms with van der Waals surface area (Å²) in [6, 6.07) is 0. The summed E-state index contributed by atoms with van der Waals surface area (Å²) in [4.78, 5) is 39.7. The maximum Gasteiger partial charge on any atom is 0.523 e. The van der Waals surface area contributed by atoms with Crippen molar-refractivity contribution in [1.29, 1.82) is 0 Å². The van der Waals surface area contributed by atoms with Gasteiger partial charge in [0.1, 0.15) is 19.4 Å². The van der Waals surface area contributed by atoms with Gasteiger partial charge < -0.3 is 10.2 Å². The van der Waals surface area contributed by atoms with Crippen LogP contribution in [-0.2, 0) is 24.0 Å². The molecule has 172 valence electrons. The van der Waals surface area contributed by atoms with Crippen LogP contribution in [0, 0.1) is 11.8 Å². The molecule has 0 spiro atoms. The highest BCUT2D eigenvalue weighted by Crippen LogP contribution is 2.20. The number of rotatable bonds is 12. The summed E-state index contributed by atoms with van der Waals surface area (Å²) < 4.78 is 38.7. The second kappa shape index (κ2) is 14.4. The Labute approximate surface area is 173 Å². The largest absolute Gasteiger partial charge is 0.523 e. The molecule has 3 amide bonds. The number of hydrogen-bond acceptors (Lipinski definition) is 6. The van der Waals surface area contributed by atoms with E-state index in [1.165, 1.54) is 7.11 Å². The molecule has 0 saturated heterocycles. The predicted molar refractivity (Wildman–Crippen MR) is 103 cm³/mol. The SMILES string of the molecule is C/C=C\C[C@H](C)C(C)C/C(=N\OC)C(=O)NCCC(=O)NNC(=O)COC(F)(F)F. The lowest BCUT2D eigenvalue weighted by Crippen LogP contribution is -2.45. The minimum Gasteiger partial charge on any atom is -0.399 e. The Balaban J connectivity index is 4.35. The number of nitrogens with zero attached hydrogens (tertiary/aromatic N) is 1. The molecule has 0 aromatic heterocycles. The average molecular weight is 438 g/mol. The zero-order valence-electron chi connectivity index (χ0n) is 17.5. The van der Waals surface area contributed by atoms with Crippen molar-refractivity contribution in [1.82, 2.24) is 16.2 Å². The molecule has 0 heterocycles. The molecule has 0 aliphatic carbocycles. The monoisotopic (exact) mass is 438 g/mol. The van der Waals surface area contributed by atoms with Crippen molar-refractivity contribution in [2.75, 3.05) is 20.3 Å². The average Bonchev–Trinajstić information content (AvgIpc) is 2.67. The van der Waals surface area contributed by atoms with Crippen LogP contribution in [0.1, 0.15) is 40.0 Å². The smallest absolute Gasteiger partial charge is 0.399 e. The van der Waals surface area contributed by atoms with Gasteiger partial charge in [-0.3, -0.25) is 30.0 Å². The van der Waals surface area contributed by atoms with Gasteiger partial charge >= 0.3 is 6.36 Å². The molecule has 0 bridgehead atoms. The van der Waals surface area contributed by atoms with Gasteiger partial charge in [-0.05, 0) is 25.2 Å². The summed E-state index contributed by atoms with van der Waals surface area (Å²) in [6.07, 6.45) is 0.0615. The number of hydrazine groups is 1. The summed E-state index contributed by atoms with van der Waals surface area (Å²) >= 11 is 0. The molecule has 0 aliphatic heterocycles. The Hall–Kier alpha value is -2.63. The minimum absolute atomic E-state index is 0.0785. The third-order valence-corrected chi connectivity index (χ3v) is 4.04. The maximum atomic E-state index is 12.3. The third kappa shape index (κ3) is 13.5. The molecule has 9 nitrogen and oxygen atoms in total. The highest BCUT2D eigenvalue weighted by atomic mass is 19.4. The molecule has 30 heavy (non-hydrogen) atoms. The van der Waals surface area contributed by atoms with E-state index in [4.69, 9.17) is 4.84 Å². The molecule has 0 aromatic rings. The molecule has 0 aliphatic rings. The zero-order chi connectivity index (χ0) is 23.2. The fourth-order valence-corrected chi connectivity index (χ4v) is 2.15. The van der Waals surface area contributed by atoms with Gasteiger partial charge in [0.25, 0.3) is 11.8 Å². The number of allylic oxidation sites excluding steroid dienone is 2. The number of halogens is 3. The van der Waals surface area contributed by atoms with E-state index in [0.29, 0.717) is 12.3 Å². The van der Waals surface area contributed by atoms with E-state index in [9.17, 15) is 27.6 Å². The van der Waals surface area contributed by atoms with E-state index in [0.717, 1.165) is 6.42 Å². The van der Waals surface area contributed by atoms with Crippen molar-refractivity contribution < 1.29 is 37.1 Å². The number of carbonyl (C=O) groups is 3. The standard InChI is InChI=1S/C18H29F3N4O5/c1-5-6-7-12(2)13(3)10-14(25-29-4)17(28)22-9-8-15(26)23-24-16(27)11-30-18(19,20)21/h5-6,12-13H,7-11H2,1-4H3,(H,22,28)(H,23,26)(H,24,27)/b6-5-,25-14+/t12-,13?/m0/s1. The number of carbonyl (C=O) groups excluding carboxylic acids is 3. The number of oxime groups is 1. The van der Waals surface area contributed by atoms with Gasteiger partial charge in [0.2, 0.25) is 5.91 Å². The van der Waals surface area contributed by atoms with Crippen LogP contribution in [0.15, 0.2) is 17.3 Å². The van der Waals surface area contributed by atoms with E-state index in [1.54, 1.807) is 5.43 Å². The van der Waals surface area contributed by atoms with Crippen LogP contribution < -0.4 is 16.2 Å². The van der Waals surface area contributed by atoms with E-state index in [-0.39, 0.29) is 24.6 Å². The highest BCUT2D eigenvalue weighted by Gasteiger charge is 2.30. The van der Waals surface area contributed by atoms with Crippen molar-refractivity contribution in [3.8, 4) is 0 Å². The van der Waals surface area contributed by atoms with Gasteiger partial charge in [0, 0.05) is 19.4 Å². The number of amides is 3. The maximum absolute atomic E-state index is 12.3. The fourth-order valence-electron chi connectivity index (χ4n) is 2.15. The van der Waals surface area contributed by atoms with Gasteiger partial charge in [-0.1, -0.05) is 31.2 Å². The summed E-state index contributed by atoms with van der Waals surface area (Å²) in [5.41, 5.74) is 3.86. The first-order chi connectivity index (χ1) is 14.0. The number of hydrogen-bond donors (Lipinski definition) is 3. The van der Waals surface area contributed by atoms with Crippen LogP contribution in [0.4, 0.5) is 13.2 Å². The van der Waals surface area contributed by atoms with E-state index < -0.39 is 30.7 Å². The Morgan fingerprint density at radius 1 is 1.10 bits per heavy atom. The normalized spacial score (nSPS) is 14.2. The fraction of sp³-hybridized carbons (Fsp3) is 0.667. The molecule has 0 saturated carbocycles. The van der Waals surface area contributed by atoms with Crippen LogP contribution in [0.25, 0.3) is 0 Å². The van der Waals surface area contributed by atoms with Crippen molar-refractivity contribution in [2.24, 2.45) is 17.0 Å². The van der Waals surface area contributed by atoms with Crippen LogP contribution in [-0.4, -0.2) is 50.1 Å². The predicted octanol–water partition coefficient (Wildman–Crippen LogP) is 1.81.